The van der Waals surface area contributed by atoms with Crippen LogP contribution in [0.4, 0.5) is 5.69 Å². The molecule has 0 aliphatic carbocycles. The molecule has 158 valence electrons. The van der Waals surface area contributed by atoms with Crippen LogP contribution in [0.15, 0.2) is 29.3 Å². The van der Waals surface area contributed by atoms with Crippen molar-refractivity contribution < 1.29 is 4.74 Å². The Morgan fingerprint density at radius 1 is 1.25 bits per heavy atom. The average molecular weight is 390 g/mol. The van der Waals surface area contributed by atoms with E-state index in [1.807, 2.05) is 0 Å². The molecule has 0 radical (unpaired) electrons. The van der Waals surface area contributed by atoms with Gasteiger partial charge in [-0.05, 0) is 37.0 Å². The van der Waals surface area contributed by atoms with Crippen LogP contribution < -0.4 is 15.5 Å². The number of nitrogens with one attached hydrogen (secondary N) is 2. The van der Waals surface area contributed by atoms with Crippen molar-refractivity contribution in [3.8, 4) is 0 Å². The first-order valence-corrected chi connectivity index (χ1v) is 10.6. The number of benzene rings is 1. The molecular weight excluding hydrogens is 350 g/mol. The molecule has 6 heteroatoms. The zero-order chi connectivity index (χ0) is 20.4. The van der Waals surface area contributed by atoms with Crippen LogP contribution in [0.2, 0.25) is 0 Å². The largest absolute Gasteiger partial charge is 0.378 e. The number of hydrogen-bond acceptors (Lipinski definition) is 4. The molecular formula is C22H39N5O. The van der Waals surface area contributed by atoms with Gasteiger partial charge in [0.15, 0.2) is 5.96 Å². The summed E-state index contributed by atoms with van der Waals surface area (Å²) >= 11 is 0. The van der Waals surface area contributed by atoms with E-state index in [2.05, 4.69) is 79.6 Å². The standard InChI is InChI=1S/C22H39N5O/c1-6-23-22(24-12-11-19-7-9-20(10-8-19)26(4)5)25-15-21-17-27(13-14-28-21)16-18(2)3/h7-10,18,21H,6,11-17H2,1-5H3,(H2,23,24,25). The van der Waals surface area contributed by atoms with E-state index >= 15 is 0 Å². The quantitative estimate of drug-likeness (QED) is 0.501. The van der Waals surface area contributed by atoms with Crippen molar-refractivity contribution >= 4 is 11.6 Å². The number of nitrogens with zero attached hydrogens (tertiary/aromatic N) is 3. The molecule has 0 spiro atoms. The zero-order valence-electron chi connectivity index (χ0n) is 18.4. The van der Waals surface area contributed by atoms with Crippen molar-refractivity contribution in [2.75, 3.05) is 64.9 Å². The lowest BCUT2D eigenvalue weighted by molar-refractivity contribution is -0.0261. The Morgan fingerprint density at radius 3 is 2.64 bits per heavy atom. The number of morpholine rings is 1. The Kier molecular flexibility index (Phi) is 9.58. The van der Waals surface area contributed by atoms with E-state index < -0.39 is 0 Å². The van der Waals surface area contributed by atoms with E-state index in [9.17, 15) is 0 Å². The number of guanidine groups is 1. The van der Waals surface area contributed by atoms with Crippen molar-refractivity contribution in [1.29, 1.82) is 0 Å². The predicted octanol–water partition coefficient (Wildman–Crippen LogP) is 2.21. The molecule has 1 aromatic rings. The summed E-state index contributed by atoms with van der Waals surface area (Å²) in [4.78, 5) is 9.37. The van der Waals surface area contributed by atoms with E-state index in [0.717, 1.165) is 51.7 Å². The molecule has 1 fully saturated rings. The highest BCUT2D eigenvalue weighted by atomic mass is 16.5. The summed E-state index contributed by atoms with van der Waals surface area (Å²) in [6.07, 6.45) is 1.15. The second kappa shape index (κ2) is 11.9. The van der Waals surface area contributed by atoms with E-state index in [0.29, 0.717) is 12.5 Å². The predicted molar refractivity (Wildman–Crippen MR) is 119 cm³/mol. The van der Waals surface area contributed by atoms with Crippen LogP contribution >= 0.6 is 0 Å². The number of aliphatic imine (C=N–C) groups is 1. The fourth-order valence-electron chi connectivity index (χ4n) is 3.39. The lowest BCUT2D eigenvalue weighted by atomic mass is 10.1. The second-order valence-electron chi connectivity index (χ2n) is 8.10. The molecule has 0 bridgehead atoms. The first kappa shape index (κ1) is 22.5. The van der Waals surface area contributed by atoms with Gasteiger partial charge < -0.3 is 20.3 Å². The fourth-order valence-corrected chi connectivity index (χ4v) is 3.39. The molecule has 2 rings (SSSR count). The van der Waals surface area contributed by atoms with Crippen LogP contribution in [0, 0.1) is 5.92 Å². The molecule has 28 heavy (non-hydrogen) atoms. The third-order valence-electron chi connectivity index (χ3n) is 4.80. The molecule has 1 saturated heterocycles. The van der Waals surface area contributed by atoms with Crippen molar-refractivity contribution in [1.82, 2.24) is 15.5 Å². The van der Waals surface area contributed by atoms with Gasteiger partial charge in [-0.25, -0.2) is 0 Å². The summed E-state index contributed by atoms with van der Waals surface area (Å²) in [6.45, 7) is 13.0. The van der Waals surface area contributed by atoms with Gasteiger partial charge in [0.2, 0.25) is 0 Å². The number of rotatable bonds is 9. The van der Waals surface area contributed by atoms with Gasteiger partial charge in [-0.1, -0.05) is 26.0 Å². The van der Waals surface area contributed by atoms with Crippen molar-refractivity contribution in [3.05, 3.63) is 29.8 Å². The Bertz CT molecular complexity index is 585. The molecule has 1 aromatic carbocycles. The number of ether oxygens (including phenoxy) is 1. The SMILES string of the molecule is CCNC(=NCC1CN(CC(C)C)CCO1)NCCc1ccc(N(C)C)cc1. The van der Waals surface area contributed by atoms with Gasteiger partial charge in [-0.15, -0.1) is 0 Å². The molecule has 2 N–H and O–H groups in total. The molecule has 1 unspecified atom stereocenters. The average Bonchev–Trinajstić information content (AvgIpc) is 2.66. The molecule has 1 aliphatic heterocycles. The van der Waals surface area contributed by atoms with Crippen LogP contribution in [-0.2, 0) is 11.2 Å². The van der Waals surface area contributed by atoms with Crippen LogP contribution in [0.25, 0.3) is 0 Å². The lowest BCUT2D eigenvalue weighted by Gasteiger charge is -2.33. The molecule has 6 nitrogen and oxygen atoms in total. The van der Waals surface area contributed by atoms with Crippen molar-refractivity contribution in [2.24, 2.45) is 10.9 Å². The highest BCUT2D eigenvalue weighted by Crippen LogP contribution is 2.12. The summed E-state index contributed by atoms with van der Waals surface area (Å²) in [6, 6.07) is 8.72. The Hall–Kier alpha value is -1.79. The highest BCUT2D eigenvalue weighted by molar-refractivity contribution is 5.79. The first-order valence-electron chi connectivity index (χ1n) is 10.6. The van der Waals surface area contributed by atoms with Gasteiger partial charge in [0.25, 0.3) is 0 Å². The van der Waals surface area contributed by atoms with Crippen LogP contribution in [0.3, 0.4) is 0 Å². The normalized spacial score (nSPS) is 18.4. The molecule has 1 atom stereocenters. The van der Waals surface area contributed by atoms with E-state index in [1.54, 1.807) is 0 Å². The van der Waals surface area contributed by atoms with Crippen LogP contribution in [0.5, 0.6) is 0 Å². The third kappa shape index (κ3) is 8.07. The maximum absolute atomic E-state index is 5.91. The van der Waals surface area contributed by atoms with E-state index in [4.69, 9.17) is 9.73 Å². The minimum Gasteiger partial charge on any atom is -0.378 e. The summed E-state index contributed by atoms with van der Waals surface area (Å²) < 4.78 is 5.91. The zero-order valence-corrected chi connectivity index (χ0v) is 18.4. The summed E-state index contributed by atoms with van der Waals surface area (Å²) in [5, 5.41) is 6.79. The molecule has 1 aliphatic rings. The molecule has 0 saturated carbocycles. The number of hydrogen-bond donors (Lipinski definition) is 2. The number of anilines is 1. The lowest BCUT2D eigenvalue weighted by Crippen LogP contribution is -2.46. The summed E-state index contributed by atoms with van der Waals surface area (Å²) in [5.74, 6) is 1.56. The van der Waals surface area contributed by atoms with Gasteiger partial charge in [0.05, 0.1) is 19.3 Å². The van der Waals surface area contributed by atoms with Gasteiger partial charge in [0, 0.05) is 52.5 Å². The van der Waals surface area contributed by atoms with Crippen molar-refractivity contribution in [2.45, 2.75) is 33.3 Å². The first-order chi connectivity index (χ1) is 13.5. The highest BCUT2D eigenvalue weighted by Gasteiger charge is 2.20. The molecule has 0 aromatic heterocycles. The monoisotopic (exact) mass is 389 g/mol. The Morgan fingerprint density at radius 2 is 2.00 bits per heavy atom. The molecule has 0 amide bonds. The Labute approximate surface area is 171 Å². The van der Waals surface area contributed by atoms with Gasteiger partial charge in [-0.2, -0.15) is 0 Å². The maximum atomic E-state index is 5.91. The smallest absolute Gasteiger partial charge is 0.191 e. The van der Waals surface area contributed by atoms with Gasteiger partial charge in [-0.3, -0.25) is 9.89 Å². The van der Waals surface area contributed by atoms with Crippen molar-refractivity contribution in [3.63, 3.8) is 0 Å². The van der Waals surface area contributed by atoms with Crippen LogP contribution in [0.1, 0.15) is 26.3 Å². The second-order valence-corrected chi connectivity index (χ2v) is 8.10. The minimum absolute atomic E-state index is 0.182. The summed E-state index contributed by atoms with van der Waals surface area (Å²) in [7, 11) is 4.13. The third-order valence-corrected chi connectivity index (χ3v) is 4.80. The fraction of sp³-hybridized carbons (Fsp3) is 0.682. The van der Waals surface area contributed by atoms with Gasteiger partial charge in [0.1, 0.15) is 0 Å². The van der Waals surface area contributed by atoms with Crippen LogP contribution in [-0.4, -0.2) is 76.9 Å². The minimum atomic E-state index is 0.182. The van der Waals surface area contributed by atoms with E-state index in [1.165, 1.54) is 11.3 Å². The van der Waals surface area contributed by atoms with Gasteiger partial charge >= 0.3 is 0 Å². The summed E-state index contributed by atoms with van der Waals surface area (Å²) in [5.41, 5.74) is 2.56. The maximum Gasteiger partial charge on any atom is 0.191 e. The molecule has 1 heterocycles. The Balaban J connectivity index is 1.79. The topological polar surface area (TPSA) is 52.1 Å². The van der Waals surface area contributed by atoms with E-state index in [-0.39, 0.29) is 6.10 Å².